The van der Waals surface area contributed by atoms with Crippen LogP contribution in [0.2, 0.25) is 0 Å². The number of nitrogens with zero attached hydrogens (tertiary/aromatic N) is 3. The van der Waals surface area contributed by atoms with Gasteiger partial charge in [-0.2, -0.15) is 0 Å². The molecular formula is C24H32N4O2S. The summed E-state index contributed by atoms with van der Waals surface area (Å²) in [7, 11) is 0. The molecule has 6 nitrogen and oxygen atoms in total. The Labute approximate surface area is 188 Å². The molecule has 1 aromatic carbocycles. The van der Waals surface area contributed by atoms with Crippen LogP contribution in [0.5, 0.6) is 0 Å². The van der Waals surface area contributed by atoms with Gasteiger partial charge in [-0.25, -0.2) is 9.97 Å². The van der Waals surface area contributed by atoms with Gasteiger partial charge in [0.25, 0.3) is 0 Å². The minimum Gasteiger partial charge on any atom is -0.481 e. The van der Waals surface area contributed by atoms with E-state index in [0.29, 0.717) is 17.8 Å². The summed E-state index contributed by atoms with van der Waals surface area (Å²) in [6.45, 7) is 9.53. The number of piperidine rings is 1. The molecule has 2 aliphatic heterocycles. The van der Waals surface area contributed by atoms with Gasteiger partial charge in [-0.1, -0.05) is 38.6 Å². The number of hydrogen-bond acceptors (Lipinski definition) is 6. The average Bonchev–Trinajstić information content (AvgIpc) is 2.76. The topological polar surface area (TPSA) is 78.3 Å². The van der Waals surface area contributed by atoms with E-state index < -0.39 is 5.97 Å². The van der Waals surface area contributed by atoms with E-state index >= 15 is 0 Å². The van der Waals surface area contributed by atoms with Crippen LogP contribution < -0.4 is 5.32 Å². The zero-order valence-corrected chi connectivity index (χ0v) is 19.4. The highest BCUT2D eigenvalue weighted by atomic mass is 32.2. The molecule has 1 aromatic heterocycles. The number of benzene rings is 1. The number of rotatable bonds is 7. The number of carbonyl (C=O) groups is 1. The first-order chi connectivity index (χ1) is 14.9. The minimum atomic E-state index is -0.675. The highest BCUT2D eigenvalue weighted by Crippen LogP contribution is 2.42. The van der Waals surface area contributed by atoms with Gasteiger partial charge in [-0.15, -0.1) is 0 Å². The Morgan fingerprint density at radius 2 is 2.10 bits per heavy atom. The summed E-state index contributed by atoms with van der Waals surface area (Å²) in [5.41, 5.74) is 2.41. The molecule has 2 aliphatic rings. The van der Waals surface area contributed by atoms with Crippen molar-refractivity contribution < 1.29 is 9.90 Å². The smallest absolute Gasteiger partial charge is 0.306 e. The maximum Gasteiger partial charge on any atom is 0.306 e. The van der Waals surface area contributed by atoms with Gasteiger partial charge in [0.2, 0.25) is 0 Å². The van der Waals surface area contributed by atoms with Crippen molar-refractivity contribution in [2.24, 2.45) is 23.7 Å². The largest absolute Gasteiger partial charge is 0.481 e. The van der Waals surface area contributed by atoms with Gasteiger partial charge < -0.3 is 10.4 Å². The summed E-state index contributed by atoms with van der Waals surface area (Å²) >= 11 is 1.66. The Morgan fingerprint density at radius 3 is 2.87 bits per heavy atom. The van der Waals surface area contributed by atoms with E-state index in [1.165, 1.54) is 10.5 Å². The molecular weight excluding hydrogens is 408 g/mol. The summed E-state index contributed by atoms with van der Waals surface area (Å²) in [6, 6.07) is 6.64. The fraction of sp³-hybridized carbons (Fsp3) is 0.542. The first-order valence-corrected chi connectivity index (χ1v) is 12.1. The van der Waals surface area contributed by atoms with Gasteiger partial charge in [-0.3, -0.25) is 9.69 Å². The van der Waals surface area contributed by atoms with Crippen molar-refractivity contribution in [3.63, 3.8) is 0 Å². The molecule has 3 heterocycles. The lowest BCUT2D eigenvalue weighted by molar-refractivity contribution is -0.141. The molecule has 1 fully saturated rings. The van der Waals surface area contributed by atoms with Gasteiger partial charge >= 0.3 is 5.97 Å². The van der Waals surface area contributed by atoms with Crippen LogP contribution in [0, 0.1) is 23.7 Å². The van der Waals surface area contributed by atoms with Crippen LogP contribution in [0.3, 0.4) is 0 Å². The van der Waals surface area contributed by atoms with E-state index in [2.05, 4.69) is 52.2 Å². The summed E-state index contributed by atoms with van der Waals surface area (Å²) in [5, 5.41) is 13.6. The number of fused-ring (bicyclic) bond motifs is 2. The fourth-order valence-electron chi connectivity index (χ4n) is 4.78. The van der Waals surface area contributed by atoms with Crippen molar-refractivity contribution in [1.82, 2.24) is 14.9 Å². The average molecular weight is 441 g/mol. The Kier molecular flexibility index (Phi) is 6.82. The van der Waals surface area contributed by atoms with Gasteiger partial charge in [0, 0.05) is 30.4 Å². The predicted octanol–water partition coefficient (Wildman–Crippen LogP) is 5.28. The van der Waals surface area contributed by atoms with Crippen LogP contribution >= 0.6 is 11.8 Å². The molecule has 31 heavy (non-hydrogen) atoms. The molecule has 3 atom stereocenters. The highest BCUT2D eigenvalue weighted by Gasteiger charge is 2.32. The molecule has 0 amide bonds. The molecule has 166 valence electrons. The normalized spacial score (nSPS) is 21.8. The zero-order chi connectivity index (χ0) is 22.0. The summed E-state index contributed by atoms with van der Waals surface area (Å²) < 4.78 is 0. The number of aromatic nitrogens is 2. The van der Waals surface area contributed by atoms with Crippen molar-refractivity contribution >= 4 is 29.2 Å². The van der Waals surface area contributed by atoms with Gasteiger partial charge in [0.05, 0.1) is 11.6 Å². The lowest BCUT2D eigenvalue weighted by atomic mass is 9.75. The second-order valence-corrected chi connectivity index (χ2v) is 10.3. The number of carboxylic acids is 1. The van der Waals surface area contributed by atoms with Crippen molar-refractivity contribution in [2.45, 2.75) is 56.5 Å². The number of anilines is 2. The third kappa shape index (κ3) is 5.21. The molecule has 0 radical (unpaired) electrons. The quantitative estimate of drug-likeness (QED) is 0.517. The van der Waals surface area contributed by atoms with Crippen LogP contribution in [0.1, 0.15) is 45.6 Å². The number of carboxylic acid groups (broad SMARTS) is 1. The summed E-state index contributed by atoms with van der Waals surface area (Å²) in [4.78, 5) is 23.7. The molecule has 2 N–H and O–H groups in total. The molecule has 0 spiro atoms. The maximum atomic E-state index is 11.2. The van der Waals surface area contributed by atoms with E-state index in [0.717, 1.165) is 55.4 Å². The Bertz CT molecular complexity index is 936. The van der Waals surface area contributed by atoms with Crippen LogP contribution in [0.4, 0.5) is 11.5 Å². The van der Waals surface area contributed by atoms with Crippen molar-refractivity contribution in [3.05, 3.63) is 36.2 Å². The third-order valence-corrected chi connectivity index (χ3v) is 7.78. The van der Waals surface area contributed by atoms with Crippen LogP contribution in [-0.4, -0.2) is 39.0 Å². The first-order valence-electron chi connectivity index (χ1n) is 11.2. The van der Waals surface area contributed by atoms with E-state index in [-0.39, 0.29) is 5.92 Å². The molecule has 3 unspecified atom stereocenters. The molecule has 7 heteroatoms. The lowest BCUT2D eigenvalue weighted by Gasteiger charge is -2.41. The van der Waals surface area contributed by atoms with Crippen molar-refractivity contribution in [2.75, 3.05) is 18.4 Å². The number of likely N-dealkylation sites (tertiary alicyclic amines) is 1. The second kappa shape index (κ2) is 9.57. The van der Waals surface area contributed by atoms with E-state index in [4.69, 9.17) is 0 Å². The Morgan fingerprint density at radius 1 is 1.29 bits per heavy atom. The van der Waals surface area contributed by atoms with Crippen molar-refractivity contribution in [1.29, 1.82) is 0 Å². The Hall–Kier alpha value is -2.12. The van der Waals surface area contributed by atoms with Crippen LogP contribution in [0.25, 0.3) is 0 Å². The first kappa shape index (κ1) is 22.1. The van der Waals surface area contributed by atoms with Gasteiger partial charge in [0.1, 0.15) is 5.03 Å². The SMILES string of the molecule is CC(CCC1CCN(Cc2ccc3c(c2)Nc2nccnc2S3)CC1C(C)C)C(=O)O. The standard InChI is InChI=1S/C24H32N4O2S/c1-15(2)19-14-28(11-8-18(19)6-4-16(3)24(29)30)13-17-5-7-21-20(12-17)27-22-23(31-21)26-10-9-25-22/h5,7,9-10,12,15-16,18-19H,4,6,8,11,13-14H2,1-3H3,(H,25,27)(H,29,30). The second-order valence-electron chi connectivity index (χ2n) is 9.28. The fourth-order valence-corrected chi connectivity index (χ4v) is 5.66. The minimum absolute atomic E-state index is 0.249. The highest BCUT2D eigenvalue weighted by molar-refractivity contribution is 7.99. The van der Waals surface area contributed by atoms with Gasteiger partial charge in [-0.05, 0) is 61.3 Å². The van der Waals surface area contributed by atoms with E-state index in [1.54, 1.807) is 24.2 Å². The zero-order valence-electron chi connectivity index (χ0n) is 18.5. The number of aliphatic carboxylic acids is 1. The summed E-state index contributed by atoms with van der Waals surface area (Å²) in [5.74, 6) is 1.74. The number of nitrogens with one attached hydrogen (secondary N) is 1. The monoisotopic (exact) mass is 440 g/mol. The van der Waals surface area contributed by atoms with Gasteiger partial charge in [0.15, 0.2) is 5.82 Å². The van der Waals surface area contributed by atoms with E-state index in [9.17, 15) is 9.90 Å². The van der Waals surface area contributed by atoms with Crippen LogP contribution in [0.15, 0.2) is 40.5 Å². The third-order valence-electron chi connectivity index (χ3n) is 6.71. The Balaban J connectivity index is 1.39. The molecule has 2 aromatic rings. The molecule has 0 aliphatic carbocycles. The molecule has 4 rings (SSSR count). The van der Waals surface area contributed by atoms with E-state index in [1.807, 2.05) is 6.92 Å². The summed E-state index contributed by atoms with van der Waals surface area (Å²) in [6.07, 6.45) is 6.39. The van der Waals surface area contributed by atoms with Crippen LogP contribution in [-0.2, 0) is 11.3 Å². The maximum absolute atomic E-state index is 11.2. The molecule has 0 bridgehead atoms. The van der Waals surface area contributed by atoms with Crippen molar-refractivity contribution in [3.8, 4) is 0 Å². The molecule has 1 saturated heterocycles. The lowest BCUT2D eigenvalue weighted by Crippen LogP contribution is -2.42. The number of hydrogen-bond donors (Lipinski definition) is 2. The predicted molar refractivity (Wildman–Crippen MR) is 124 cm³/mol. The molecule has 0 saturated carbocycles.